The molecule has 0 amide bonds. The first-order valence-corrected chi connectivity index (χ1v) is 25.5. The molecule has 0 bridgehead atoms. The Morgan fingerprint density at radius 1 is 0.354 bits per heavy atom. The van der Waals surface area contributed by atoms with Crippen LogP contribution in [0.25, 0.3) is 44.5 Å². The number of hydrogen-bond donors (Lipinski definition) is 0. The number of anilines is 3. The van der Waals surface area contributed by atoms with Crippen LogP contribution in [0.4, 0.5) is 17.1 Å². The molecule has 3 saturated carbocycles. The maximum absolute atomic E-state index is 2.62. The Morgan fingerprint density at radius 3 is 1.48 bits per heavy atom. The molecule has 1 nitrogen and oxygen atoms in total. The molecule has 4 aliphatic rings. The highest BCUT2D eigenvalue weighted by Gasteiger charge is 2.36. The number of benzene rings is 7. The molecule has 0 aliphatic heterocycles. The summed E-state index contributed by atoms with van der Waals surface area (Å²) in [4.78, 5) is 2.48. The van der Waals surface area contributed by atoms with Crippen molar-refractivity contribution in [3.63, 3.8) is 0 Å². The molecular formula is C64H67N. The lowest BCUT2D eigenvalue weighted by Crippen LogP contribution is -2.16. The summed E-state index contributed by atoms with van der Waals surface area (Å²) in [6.45, 7) is 7.06. The first-order chi connectivity index (χ1) is 31.9. The summed E-state index contributed by atoms with van der Waals surface area (Å²) in [6, 6.07) is 59.2. The average molecular weight is 850 g/mol. The lowest BCUT2D eigenvalue weighted by molar-refractivity contribution is 0.435. The summed E-state index contributed by atoms with van der Waals surface area (Å²) >= 11 is 0. The first kappa shape index (κ1) is 42.0. The molecule has 3 fully saturated rings. The van der Waals surface area contributed by atoms with Gasteiger partial charge in [-0.2, -0.15) is 0 Å². The minimum absolute atomic E-state index is 0.0820. The second kappa shape index (κ2) is 18.0. The highest BCUT2D eigenvalue weighted by atomic mass is 15.1. The summed E-state index contributed by atoms with van der Waals surface area (Å²) in [5, 5.41) is 0. The Balaban J connectivity index is 0.928. The Bertz CT molecular complexity index is 2750. The smallest absolute Gasteiger partial charge is 0.0465 e. The van der Waals surface area contributed by atoms with Gasteiger partial charge < -0.3 is 4.90 Å². The molecule has 0 saturated heterocycles. The van der Waals surface area contributed by atoms with Gasteiger partial charge in [0.1, 0.15) is 0 Å². The van der Waals surface area contributed by atoms with E-state index in [0.717, 1.165) is 0 Å². The van der Waals surface area contributed by atoms with E-state index in [1.807, 2.05) is 0 Å². The Hall–Kier alpha value is -5.66. The molecule has 1 heteroatoms. The van der Waals surface area contributed by atoms with Gasteiger partial charge in [-0.3, -0.25) is 0 Å². The molecule has 328 valence electrons. The topological polar surface area (TPSA) is 3.24 Å². The van der Waals surface area contributed by atoms with Gasteiger partial charge in [0.05, 0.1) is 0 Å². The maximum Gasteiger partial charge on any atom is 0.0465 e. The van der Waals surface area contributed by atoms with Gasteiger partial charge in [0, 0.05) is 22.5 Å². The van der Waals surface area contributed by atoms with Crippen LogP contribution in [0, 0.1) is 6.92 Å². The zero-order chi connectivity index (χ0) is 43.9. The van der Waals surface area contributed by atoms with E-state index in [4.69, 9.17) is 0 Å². The normalized spacial score (nSPS) is 17.7. The third kappa shape index (κ3) is 8.30. The zero-order valence-electron chi connectivity index (χ0n) is 39.2. The molecule has 0 aromatic heterocycles. The van der Waals surface area contributed by atoms with Crippen molar-refractivity contribution in [1.29, 1.82) is 0 Å². The Morgan fingerprint density at radius 2 is 0.846 bits per heavy atom. The van der Waals surface area contributed by atoms with Gasteiger partial charge in [0.15, 0.2) is 0 Å². The SMILES string of the molecule is Cc1cc(N(c2ccc(-c3cccc(C4CCCCC4)c3)cc2)c2ccc3c(c2)C(C)(C)c2ccccc2-3)ccc1-c1ccc(-c2cc(C3CCCCC3)cc(C3CCCCC3)c2)cc1. The van der Waals surface area contributed by atoms with E-state index in [2.05, 4.69) is 177 Å². The average Bonchev–Trinajstić information content (AvgIpc) is 3.60. The summed E-state index contributed by atoms with van der Waals surface area (Å²) in [7, 11) is 0. The molecule has 4 aliphatic carbocycles. The van der Waals surface area contributed by atoms with Crippen molar-refractivity contribution in [2.45, 2.75) is 140 Å². The molecule has 7 aromatic rings. The minimum Gasteiger partial charge on any atom is -0.310 e. The molecule has 11 rings (SSSR count). The second-order valence-electron chi connectivity index (χ2n) is 20.9. The lowest BCUT2D eigenvalue weighted by atomic mass is 9.78. The summed E-state index contributed by atoms with van der Waals surface area (Å²) in [5.41, 5.74) is 22.9. The molecule has 0 atom stereocenters. The quantitative estimate of drug-likeness (QED) is 0.140. The van der Waals surface area contributed by atoms with Crippen LogP contribution in [0.15, 0.2) is 152 Å². The van der Waals surface area contributed by atoms with Crippen molar-refractivity contribution >= 4 is 17.1 Å². The summed E-state index contributed by atoms with van der Waals surface area (Å²) < 4.78 is 0. The fourth-order valence-electron chi connectivity index (χ4n) is 12.6. The number of fused-ring (bicyclic) bond motifs is 3. The number of hydrogen-bond acceptors (Lipinski definition) is 1. The van der Waals surface area contributed by atoms with Crippen molar-refractivity contribution in [2.24, 2.45) is 0 Å². The van der Waals surface area contributed by atoms with E-state index in [9.17, 15) is 0 Å². The molecule has 0 unspecified atom stereocenters. The molecule has 7 aromatic carbocycles. The lowest BCUT2D eigenvalue weighted by Gasteiger charge is -2.29. The van der Waals surface area contributed by atoms with E-state index in [1.54, 1.807) is 11.1 Å². The standard InChI is InChI=1S/C64H67N/c1-44-38-57(34-36-59(44)50-28-26-49(27-29-50)55-41-53(46-18-9-5-10-19-46)40-54(42-55)47-20-11-6-12-21-47)65(58-35-37-61-60-24-13-14-25-62(60)64(2,3)63(61)43-58)56-32-30-48(31-33-56)52-23-15-22-51(39-52)45-16-7-4-8-17-45/h13-15,22-43,45-47H,4-12,16-21H2,1-3H3. The Kier molecular flexibility index (Phi) is 11.6. The predicted molar refractivity (Wildman–Crippen MR) is 277 cm³/mol. The first-order valence-electron chi connectivity index (χ1n) is 25.5. The minimum atomic E-state index is -0.0820. The largest absolute Gasteiger partial charge is 0.310 e. The molecule has 0 spiro atoms. The zero-order valence-corrected chi connectivity index (χ0v) is 39.2. The van der Waals surface area contributed by atoms with Crippen LogP contribution in [0.3, 0.4) is 0 Å². The van der Waals surface area contributed by atoms with Crippen molar-refractivity contribution in [3.05, 3.63) is 185 Å². The van der Waals surface area contributed by atoms with Crippen molar-refractivity contribution in [1.82, 2.24) is 0 Å². The van der Waals surface area contributed by atoms with Crippen LogP contribution in [0.5, 0.6) is 0 Å². The molecular weight excluding hydrogens is 783 g/mol. The molecule has 0 N–H and O–H groups in total. The van der Waals surface area contributed by atoms with Crippen molar-refractivity contribution < 1.29 is 0 Å². The van der Waals surface area contributed by atoms with Gasteiger partial charge in [0.25, 0.3) is 0 Å². The fraction of sp³-hybridized carbons (Fsp3) is 0.344. The van der Waals surface area contributed by atoms with Gasteiger partial charge in [-0.05, 0) is 177 Å². The summed E-state index contributed by atoms with van der Waals surface area (Å²) in [5.74, 6) is 2.12. The van der Waals surface area contributed by atoms with E-state index >= 15 is 0 Å². The molecule has 65 heavy (non-hydrogen) atoms. The maximum atomic E-state index is 2.62. The third-order valence-electron chi connectivity index (χ3n) is 16.4. The van der Waals surface area contributed by atoms with Crippen LogP contribution in [0.1, 0.15) is 161 Å². The fourth-order valence-corrected chi connectivity index (χ4v) is 12.6. The van der Waals surface area contributed by atoms with Crippen LogP contribution < -0.4 is 4.90 Å². The van der Waals surface area contributed by atoms with E-state index in [-0.39, 0.29) is 5.41 Å². The molecule has 0 radical (unpaired) electrons. The van der Waals surface area contributed by atoms with Gasteiger partial charge in [0.2, 0.25) is 0 Å². The van der Waals surface area contributed by atoms with Crippen LogP contribution in [0.2, 0.25) is 0 Å². The van der Waals surface area contributed by atoms with Gasteiger partial charge in [-0.1, -0.05) is 187 Å². The summed E-state index contributed by atoms with van der Waals surface area (Å²) in [6.07, 6.45) is 20.4. The third-order valence-corrected chi connectivity index (χ3v) is 16.4. The number of rotatable bonds is 9. The van der Waals surface area contributed by atoms with E-state index < -0.39 is 0 Å². The van der Waals surface area contributed by atoms with E-state index in [1.165, 1.54) is 180 Å². The van der Waals surface area contributed by atoms with Crippen LogP contribution in [-0.4, -0.2) is 0 Å². The number of aryl methyl sites for hydroxylation is 1. The monoisotopic (exact) mass is 850 g/mol. The predicted octanol–water partition coefficient (Wildman–Crippen LogP) is 18.9. The van der Waals surface area contributed by atoms with Gasteiger partial charge >= 0.3 is 0 Å². The van der Waals surface area contributed by atoms with Crippen molar-refractivity contribution in [2.75, 3.05) is 4.90 Å². The van der Waals surface area contributed by atoms with Crippen LogP contribution >= 0.6 is 0 Å². The van der Waals surface area contributed by atoms with Crippen molar-refractivity contribution in [3.8, 4) is 44.5 Å². The van der Waals surface area contributed by atoms with Gasteiger partial charge in [-0.25, -0.2) is 0 Å². The highest BCUT2D eigenvalue weighted by Crippen LogP contribution is 2.51. The highest BCUT2D eigenvalue weighted by molar-refractivity contribution is 5.87. The number of nitrogens with zero attached hydrogens (tertiary/aromatic N) is 1. The van der Waals surface area contributed by atoms with Crippen LogP contribution in [-0.2, 0) is 5.41 Å². The van der Waals surface area contributed by atoms with E-state index in [0.29, 0.717) is 17.8 Å². The van der Waals surface area contributed by atoms with Gasteiger partial charge in [-0.15, -0.1) is 0 Å². The Labute approximate surface area is 390 Å². The second-order valence-corrected chi connectivity index (χ2v) is 20.9. The molecule has 0 heterocycles.